The van der Waals surface area contributed by atoms with Gasteiger partial charge in [0, 0.05) is 18.7 Å². The molecule has 0 bridgehead atoms. The first-order valence-electron chi connectivity index (χ1n) is 4.45. The van der Waals surface area contributed by atoms with Gasteiger partial charge in [0.15, 0.2) is 0 Å². The molecular weight excluding hydrogens is 186 g/mol. The smallest absolute Gasteiger partial charge is 0.305 e. The maximum absolute atomic E-state index is 10.8. The van der Waals surface area contributed by atoms with Gasteiger partial charge in [0.05, 0.1) is 7.11 Å². The van der Waals surface area contributed by atoms with E-state index in [1.165, 1.54) is 7.11 Å². The van der Waals surface area contributed by atoms with Crippen molar-refractivity contribution < 1.29 is 9.53 Å². The van der Waals surface area contributed by atoms with E-state index in [4.69, 9.17) is 0 Å². The summed E-state index contributed by atoms with van der Waals surface area (Å²) in [5.41, 5.74) is 0. The molecule has 0 N–H and O–H groups in total. The Kier molecular flexibility index (Phi) is 8.24. The van der Waals surface area contributed by atoms with Gasteiger partial charge in [-0.05, 0) is 26.3 Å². The maximum Gasteiger partial charge on any atom is 0.305 e. The third-order valence-corrected chi connectivity index (χ3v) is 2.42. The summed E-state index contributed by atoms with van der Waals surface area (Å²) in [6.07, 6.45) is 3.51. The van der Waals surface area contributed by atoms with Gasteiger partial charge in [-0.3, -0.25) is 4.79 Å². The number of hydrogen-bond donors (Lipinski definition) is 0. The summed E-state index contributed by atoms with van der Waals surface area (Å²) in [7, 11) is 3.51. The van der Waals surface area contributed by atoms with E-state index >= 15 is 0 Å². The van der Waals surface area contributed by atoms with Crippen LogP contribution >= 0.6 is 11.8 Å². The fraction of sp³-hybridized carbons (Fsp3) is 0.889. The van der Waals surface area contributed by atoms with E-state index in [0.29, 0.717) is 6.42 Å². The van der Waals surface area contributed by atoms with Crippen LogP contribution < -0.4 is 0 Å². The second-order valence-corrected chi connectivity index (χ2v) is 3.96. The molecule has 0 saturated carbocycles. The number of nitrogens with zero attached hydrogens (tertiary/aromatic N) is 1. The summed E-state index contributed by atoms with van der Waals surface area (Å²) in [6, 6.07) is 0. The Morgan fingerprint density at radius 1 is 1.46 bits per heavy atom. The molecule has 0 aromatic carbocycles. The highest BCUT2D eigenvalue weighted by molar-refractivity contribution is 7.98. The topological polar surface area (TPSA) is 29.5 Å². The van der Waals surface area contributed by atoms with Gasteiger partial charge in [-0.15, -0.1) is 0 Å². The average Bonchev–Trinajstić information content (AvgIpc) is 2.14. The summed E-state index contributed by atoms with van der Waals surface area (Å²) in [5.74, 6) is 1.03. The van der Waals surface area contributed by atoms with Crippen LogP contribution in [0.3, 0.4) is 0 Å². The van der Waals surface area contributed by atoms with Gasteiger partial charge in [0.1, 0.15) is 0 Å². The van der Waals surface area contributed by atoms with Crippen LogP contribution in [-0.2, 0) is 9.53 Å². The lowest BCUT2D eigenvalue weighted by Crippen LogP contribution is -2.23. The molecule has 0 heterocycles. The molecule has 0 atom stereocenters. The van der Waals surface area contributed by atoms with Crippen LogP contribution in [-0.4, -0.2) is 50.1 Å². The van der Waals surface area contributed by atoms with Gasteiger partial charge >= 0.3 is 5.97 Å². The zero-order valence-corrected chi connectivity index (χ0v) is 9.52. The Morgan fingerprint density at radius 2 is 2.15 bits per heavy atom. The first kappa shape index (κ1) is 12.8. The molecule has 0 unspecified atom stereocenters. The minimum Gasteiger partial charge on any atom is -0.469 e. The van der Waals surface area contributed by atoms with E-state index in [2.05, 4.69) is 22.9 Å². The van der Waals surface area contributed by atoms with Crippen molar-refractivity contribution >= 4 is 17.7 Å². The van der Waals surface area contributed by atoms with Crippen LogP contribution in [0.25, 0.3) is 0 Å². The fourth-order valence-electron chi connectivity index (χ4n) is 0.954. The van der Waals surface area contributed by atoms with Gasteiger partial charge in [-0.25, -0.2) is 0 Å². The molecule has 0 aromatic heterocycles. The van der Waals surface area contributed by atoms with Gasteiger partial charge in [0.25, 0.3) is 0 Å². The number of esters is 1. The molecule has 0 fully saturated rings. The highest BCUT2D eigenvalue weighted by Crippen LogP contribution is 1.97. The van der Waals surface area contributed by atoms with E-state index in [1.54, 1.807) is 0 Å². The van der Waals surface area contributed by atoms with Gasteiger partial charge in [0.2, 0.25) is 0 Å². The van der Waals surface area contributed by atoms with E-state index in [1.807, 2.05) is 11.8 Å². The quantitative estimate of drug-likeness (QED) is 0.585. The molecule has 0 aliphatic rings. The summed E-state index contributed by atoms with van der Waals surface area (Å²) in [6.45, 7) is 2.05. The largest absolute Gasteiger partial charge is 0.469 e. The number of hydrogen-bond acceptors (Lipinski definition) is 4. The van der Waals surface area contributed by atoms with Crippen molar-refractivity contribution in [2.45, 2.75) is 12.8 Å². The highest BCUT2D eigenvalue weighted by Gasteiger charge is 2.01. The van der Waals surface area contributed by atoms with Crippen molar-refractivity contribution in [2.24, 2.45) is 0 Å². The van der Waals surface area contributed by atoms with Crippen LogP contribution in [0.2, 0.25) is 0 Å². The molecule has 78 valence electrons. The molecule has 3 nitrogen and oxygen atoms in total. The first-order valence-corrected chi connectivity index (χ1v) is 5.84. The normalized spacial score (nSPS) is 10.5. The number of methoxy groups -OCH3 is 1. The summed E-state index contributed by atoms with van der Waals surface area (Å²) in [4.78, 5) is 13.0. The lowest BCUT2D eigenvalue weighted by atomic mass is 10.3. The van der Waals surface area contributed by atoms with Crippen LogP contribution in [0, 0.1) is 0 Å². The Morgan fingerprint density at radius 3 is 2.69 bits per heavy atom. The summed E-state index contributed by atoms with van der Waals surface area (Å²) < 4.78 is 4.55. The molecular formula is C9H19NO2S. The Labute approximate surface area is 84.8 Å². The molecule has 4 heteroatoms. The minimum absolute atomic E-state index is 0.113. The summed E-state index contributed by atoms with van der Waals surface area (Å²) >= 11 is 1.84. The standard InChI is InChI=1S/C9H19NO2S/c1-10(7-8-13-3)6-4-5-9(11)12-2/h4-8H2,1-3H3. The van der Waals surface area contributed by atoms with Crippen LogP contribution in [0.4, 0.5) is 0 Å². The lowest BCUT2D eigenvalue weighted by molar-refractivity contribution is -0.140. The van der Waals surface area contributed by atoms with Crippen LogP contribution in [0.15, 0.2) is 0 Å². The average molecular weight is 205 g/mol. The molecule has 0 amide bonds. The highest BCUT2D eigenvalue weighted by atomic mass is 32.2. The van der Waals surface area contributed by atoms with Crippen LogP contribution in [0.5, 0.6) is 0 Å². The third kappa shape index (κ3) is 8.12. The van der Waals surface area contributed by atoms with E-state index in [0.717, 1.165) is 25.3 Å². The van der Waals surface area contributed by atoms with Gasteiger partial charge in [-0.1, -0.05) is 0 Å². The van der Waals surface area contributed by atoms with Crippen molar-refractivity contribution in [2.75, 3.05) is 39.3 Å². The second-order valence-electron chi connectivity index (χ2n) is 2.98. The number of rotatable bonds is 7. The van der Waals surface area contributed by atoms with E-state index in [9.17, 15) is 4.79 Å². The zero-order chi connectivity index (χ0) is 10.1. The molecule has 0 rings (SSSR count). The van der Waals surface area contributed by atoms with Gasteiger partial charge in [-0.2, -0.15) is 11.8 Å². The molecule has 0 spiro atoms. The molecule has 13 heavy (non-hydrogen) atoms. The number of carbonyl (C=O) groups is 1. The Bertz CT molecular complexity index is 142. The lowest BCUT2D eigenvalue weighted by Gasteiger charge is -2.14. The van der Waals surface area contributed by atoms with E-state index in [-0.39, 0.29) is 5.97 Å². The van der Waals surface area contributed by atoms with Gasteiger partial charge < -0.3 is 9.64 Å². The molecule has 0 aromatic rings. The number of thioether (sulfide) groups is 1. The molecule has 0 radical (unpaired) electrons. The Hall–Kier alpha value is -0.220. The predicted molar refractivity (Wildman–Crippen MR) is 57.1 cm³/mol. The Balaban J connectivity index is 3.26. The van der Waals surface area contributed by atoms with Crippen molar-refractivity contribution in [3.05, 3.63) is 0 Å². The first-order chi connectivity index (χ1) is 6.20. The van der Waals surface area contributed by atoms with Crippen molar-refractivity contribution in [1.29, 1.82) is 0 Å². The third-order valence-electron chi connectivity index (χ3n) is 1.83. The van der Waals surface area contributed by atoms with Crippen molar-refractivity contribution in [1.82, 2.24) is 4.90 Å². The fourth-order valence-corrected chi connectivity index (χ4v) is 1.45. The summed E-state index contributed by atoms with van der Waals surface area (Å²) in [5, 5.41) is 0. The molecule has 0 aliphatic heterocycles. The van der Waals surface area contributed by atoms with Crippen LogP contribution in [0.1, 0.15) is 12.8 Å². The number of ether oxygens (including phenoxy) is 1. The monoisotopic (exact) mass is 205 g/mol. The van der Waals surface area contributed by atoms with E-state index < -0.39 is 0 Å². The molecule has 0 aliphatic carbocycles. The minimum atomic E-state index is -0.113. The van der Waals surface area contributed by atoms with Crippen molar-refractivity contribution in [3.8, 4) is 0 Å². The second kappa shape index (κ2) is 8.38. The number of carbonyl (C=O) groups excluding carboxylic acids is 1. The molecule has 0 saturated heterocycles. The zero-order valence-electron chi connectivity index (χ0n) is 8.71. The van der Waals surface area contributed by atoms with Crippen molar-refractivity contribution in [3.63, 3.8) is 0 Å². The maximum atomic E-state index is 10.8. The predicted octanol–water partition coefficient (Wildman–Crippen LogP) is 1.23. The SMILES string of the molecule is COC(=O)CCCN(C)CCSC.